The molecule has 0 aliphatic carbocycles. The molecule has 1 aliphatic rings. The highest BCUT2D eigenvalue weighted by Gasteiger charge is 2.23. The first kappa shape index (κ1) is 14.8. The number of rotatable bonds is 5. The summed E-state index contributed by atoms with van der Waals surface area (Å²) < 4.78 is 4.79. The Balaban J connectivity index is 2.09. The lowest BCUT2D eigenvalue weighted by atomic mass is 10.1. The van der Waals surface area contributed by atoms with Crippen molar-refractivity contribution in [2.24, 2.45) is 5.92 Å². The van der Waals surface area contributed by atoms with E-state index in [0.717, 1.165) is 19.4 Å². The first-order chi connectivity index (χ1) is 9.56. The molecule has 1 atom stereocenters. The first-order valence-corrected chi connectivity index (χ1v) is 7.18. The second kappa shape index (κ2) is 6.70. The zero-order valence-corrected chi connectivity index (χ0v) is 12.1. The van der Waals surface area contributed by atoms with Gasteiger partial charge < -0.3 is 14.6 Å². The second-order valence-corrected chi connectivity index (χ2v) is 5.74. The number of carbonyl (C=O) groups is 1. The molecule has 5 heteroatoms. The molecule has 20 heavy (non-hydrogen) atoms. The van der Waals surface area contributed by atoms with Gasteiger partial charge in [0.1, 0.15) is 6.26 Å². The fourth-order valence-corrected chi connectivity index (χ4v) is 2.52. The van der Waals surface area contributed by atoms with E-state index in [-0.39, 0.29) is 5.91 Å². The molecule has 1 saturated heterocycles. The Bertz CT molecular complexity index is 484. The van der Waals surface area contributed by atoms with Gasteiger partial charge in [0.05, 0.1) is 5.56 Å². The van der Waals surface area contributed by atoms with Crippen LogP contribution in [0, 0.1) is 5.92 Å². The van der Waals surface area contributed by atoms with Crippen LogP contribution in [0.5, 0.6) is 0 Å². The minimum Gasteiger partial charge on any atom is -0.430 e. The fourth-order valence-electron chi connectivity index (χ4n) is 2.52. The molecule has 0 spiro atoms. The van der Waals surface area contributed by atoms with Crippen molar-refractivity contribution in [1.82, 2.24) is 10.2 Å². The zero-order valence-electron chi connectivity index (χ0n) is 12.1. The smallest absolute Gasteiger partial charge is 0.335 e. The van der Waals surface area contributed by atoms with Crippen molar-refractivity contribution < 1.29 is 9.21 Å². The molecule has 2 heterocycles. The molecule has 2 rings (SSSR count). The number of hydrogen-bond acceptors (Lipinski definition) is 4. The highest BCUT2D eigenvalue weighted by molar-refractivity contribution is 5.93. The molecule has 0 radical (unpaired) electrons. The van der Waals surface area contributed by atoms with Gasteiger partial charge in [0.2, 0.25) is 0 Å². The predicted molar refractivity (Wildman–Crippen MR) is 76.7 cm³/mol. The second-order valence-electron chi connectivity index (χ2n) is 5.74. The van der Waals surface area contributed by atoms with Gasteiger partial charge in [-0.25, -0.2) is 4.79 Å². The predicted octanol–water partition coefficient (Wildman–Crippen LogP) is 1.49. The van der Waals surface area contributed by atoms with Gasteiger partial charge in [-0.05, 0) is 31.4 Å². The highest BCUT2D eigenvalue weighted by atomic mass is 16.4. The molecule has 5 nitrogen and oxygen atoms in total. The van der Waals surface area contributed by atoms with Crippen LogP contribution in [0.15, 0.2) is 27.6 Å². The van der Waals surface area contributed by atoms with Crippen LogP contribution in [-0.4, -0.2) is 36.5 Å². The van der Waals surface area contributed by atoms with E-state index in [1.807, 2.05) is 4.90 Å². The summed E-state index contributed by atoms with van der Waals surface area (Å²) in [7, 11) is 0. The number of amides is 1. The van der Waals surface area contributed by atoms with E-state index in [1.54, 1.807) is 0 Å². The molecule has 1 aromatic rings. The van der Waals surface area contributed by atoms with Crippen LogP contribution >= 0.6 is 0 Å². The van der Waals surface area contributed by atoms with Gasteiger partial charge in [0, 0.05) is 25.2 Å². The maximum Gasteiger partial charge on any atom is 0.335 e. The summed E-state index contributed by atoms with van der Waals surface area (Å²) in [6.07, 6.45) is 3.51. The van der Waals surface area contributed by atoms with E-state index in [4.69, 9.17) is 4.42 Å². The van der Waals surface area contributed by atoms with E-state index in [9.17, 15) is 9.59 Å². The molecule has 1 unspecified atom stereocenters. The normalized spacial score (nSPS) is 18.4. The Kier molecular flexibility index (Phi) is 4.95. The largest absolute Gasteiger partial charge is 0.430 e. The summed E-state index contributed by atoms with van der Waals surface area (Å²) in [5.41, 5.74) is -0.00216. The van der Waals surface area contributed by atoms with Crippen molar-refractivity contribution in [3.8, 4) is 0 Å². The van der Waals surface area contributed by atoms with Crippen molar-refractivity contribution in [2.75, 3.05) is 19.6 Å². The van der Waals surface area contributed by atoms with Crippen molar-refractivity contribution in [3.63, 3.8) is 0 Å². The standard InChI is InChI=1S/C15H22N2O3/c1-11(2)8-17(9-13-4-3-7-16-13)15(19)12-5-6-14(18)20-10-12/h5-6,10-11,13,16H,3-4,7-9H2,1-2H3. The Morgan fingerprint density at radius 1 is 1.50 bits per heavy atom. The summed E-state index contributed by atoms with van der Waals surface area (Å²) >= 11 is 0. The third-order valence-electron chi connectivity index (χ3n) is 3.42. The molecule has 110 valence electrons. The molecular weight excluding hydrogens is 256 g/mol. The third-order valence-corrected chi connectivity index (χ3v) is 3.42. The van der Waals surface area contributed by atoms with E-state index in [1.165, 1.54) is 18.4 Å². The lowest BCUT2D eigenvalue weighted by Crippen LogP contribution is -2.42. The summed E-state index contributed by atoms with van der Waals surface area (Å²) in [5.74, 6) is 0.326. The van der Waals surface area contributed by atoms with Crippen LogP contribution in [0.2, 0.25) is 0 Å². The highest BCUT2D eigenvalue weighted by Crippen LogP contribution is 2.12. The molecule has 0 aromatic carbocycles. The van der Waals surface area contributed by atoms with Gasteiger partial charge >= 0.3 is 5.63 Å². The van der Waals surface area contributed by atoms with Gasteiger partial charge in [-0.2, -0.15) is 0 Å². The maximum atomic E-state index is 12.5. The minimum atomic E-state index is -0.436. The molecule has 1 fully saturated rings. The molecule has 0 bridgehead atoms. The number of nitrogens with zero attached hydrogens (tertiary/aromatic N) is 1. The van der Waals surface area contributed by atoms with Crippen molar-refractivity contribution in [1.29, 1.82) is 0 Å². The Morgan fingerprint density at radius 2 is 2.30 bits per heavy atom. The Labute approximate surface area is 119 Å². The maximum absolute atomic E-state index is 12.5. The summed E-state index contributed by atoms with van der Waals surface area (Å²) in [4.78, 5) is 25.3. The van der Waals surface area contributed by atoms with Crippen LogP contribution in [0.1, 0.15) is 37.0 Å². The topological polar surface area (TPSA) is 62.6 Å². The van der Waals surface area contributed by atoms with Crippen LogP contribution in [0.4, 0.5) is 0 Å². The van der Waals surface area contributed by atoms with Crippen molar-refractivity contribution in [2.45, 2.75) is 32.7 Å². The van der Waals surface area contributed by atoms with Crippen LogP contribution < -0.4 is 10.9 Å². The van der Waals surface area contributed by atoms with Gasteiger partial charge in [-0.1, -0.05) is 13.8 Å². The van der Waals surface area contributed by atoms with Crippen LogP contribution in [-0.2, 0) is 0 Å². The Hall–Kier alpha value is -1.62. The van der Waals surface area contributed by atoms with Gasteiger partial charge in [0.15, 0.2) is 0 Å². The van der Waals surface area contributed by atoms with Gasteiger partial charge in [-0.3, -0.25) is 4.79 Å². The number of carbonyl (C=O) groups excluding carboxylic acids is 1. The number of nitrogens with one attached hydrogen (secondary N) is 1. The minimum absolute atomic E-state index is 0.0730. The van der Waals surface area contributed by atoms with Crippen molar-refractivity contribution >= 4 is 5.91 Å². The van der Waals surface area contributed by atoms with Crippen molar-refractivity contribution in [3.05, 3.63) is 34.4 Å². The zero-order chi connectivity index (χ0) is 14.5. The summed E-state index contributed by atoms with van der Waals surface area (Å²) in [5, 5.41) is 3.41. The molecule has 1 aromatic heterocycles. The van der Waals surface area contributed by atoms with E-state index >= 15 is 0 Å². The van der Waals surface area contributed by atoms with E-state index in [0.29, 0.717) is 30.6 Å². The summed E-state index contributed by atoms with van der Waals surface area (Å²) in [6, 6.07) is 3.19. The third kappa shape index (κ3) is 3.93. The van der Waals surface area contributed by atoms with Crippen LogP contribution in [0.3, 0.4) is 0 Å². The fraction of sp³-hybridized carbons (Fsp3) is 0.600. The lowest BCUT2D eigenvalue weighted by molar-refractivity contribution is 0.0718. The molecular formula is C15H22N2O3. The number of hydrogen-bond donors (Lipinski definition) is 1. The van der Waals surface area contributed by atoms with Crippen LogP contribution in [0.25, 0.3) is 0 Å². The van der Waals surface area contributed by atoms with Gasteiger partial charge in [0.25, 0.3) is 5.91 Å². The average Bonchev–Trinajstić information content (AvgIpc) is 2.90. The van der Waals surface area contributed by atoms with E-state index < -0.39 is 5.63 Å². The molecule has 1 amide bonds. The Morgan fingerprint density at radius 3 is 2.85 bits per heavy atom. The monoisotopic (exact) mass is 278 g/mol. The molecule has 0 saturated carbocycles. The summed E-state index contributed by atoms with van der Waals surface area (Å²) in [6.45, 7) is 6.61. The van der Waals surface area contributed by atoms with Gasteiger partial charge in [-0.15, -0.1) is 0 Å². The average molecular weight is 278 g/mol. The quantitative estimate of drug-likeness (QED) is 0.886. The SMILES string of the molecule is CC(C)CN(CC1CCCN1)C(=O)c1ccc(=O)oc1. The lowest BCUT2D eigenvalue weighted by Gasteiger charge is -2.27. The first-order valence-electron chi connectivity index (χ1n) is 7.18. The molecule has 1 N–H and O–H groups in total. The van der Waals surface area contributed by atoms with E-state index in [2.05, 4.69) is 19.2 Å². The molecule has 1 aliphatic heterocycles.